The van der Waals surface area contributed by atoms with Gasteiger partial charge in [0, 0.05) is 11.4 Å². The Hall–Kier alpha value is -1.36. The van der Waals surface area contributed by atoms with Crippen LogP contribution in [0.2, 0.25) is 0 Å². The molecule has 2 heterocycles. The van der Waals surface area contributed by atoms with Gasteiger partial charge in [0.25, 0.3) is 5.91 Å². The van der Waals surface area contributed by atoms with E-state index in [1.807, 2.05) is 19.1 Å². The van der Waals surface area contributed by atoms with Crippen LogP contribution in [0.3, 0.4) is 0 Å². The number of hydrogen-bond donors (Lipinski definition) is 1. The van der Waals surface area contributed by atoms with Crippen molar-refractivity contribution in [1.82, 2.24) is 4.90 Å². The summed E-state index contributed by atoms with van der Waals surface area (Å²) in [5, 5.41) is 9.29. The number of hydrogen-bond acceptors (Lipinski definition) is 3. The quantitative estimate of drug-likeness (QED) is 0.927. The molecule has 1 aromatic heterocycles. The highest BCUT2D eigenvalue weighted by Gasteiger charge is 2.31. The Kier molecular flexibility index (Phi) is 4.58. The van der Waals surface area contributed by atoms with Gasteiger partial charge in [-0.05, 0) is 31.4 Å². The summed E-state index contributed by atoms with van der Waals surface area (Å²) < 4.78 is 0. The normalized spacial score (nSPS) is 20.1. The zero-order chi connectivity index (χ0) is 13.8. The summed E-state index contributed by atoms with van der Waals surface area (Å²) in [6, 6.07) is 3.10. The molecule has 0 aliphatic carbocycles. The lowest BCUT2D eigenvalue weighted by atomic mass is 10.1. The number of nitrogens with zero attached hydrogens (tertiary/aromatic N) is 1. The van der Waals surface area contributed by atoms with Crippen LogP contribution in [-0.2, 0) is 11.2 Å². The standard InChI is InChI=1S/C14H19NO3S/c1-2-10-7-8-12(19-10)13(16)15-9-5-3-4-6-11(15)14(17)18/h7-8,11H,2-6,9H2,1H3,(H,17,18). The number of carboxylic acids is 1. The number of carboxylic acid groups (broad SMARTS) is 1. The van der Waals surface area contributed by atoms with Crippen LogP contribution in [0.1, 0.15) is 47.2 Å². The second-order valence-electron chi connectivity index (χ2n) is 4.82. The first kappa shape index (κ1) is 14.1. The number of carbonyl (C=O) groups is 2. The molecule has 19 heavy (non-hydrogen) atoms. The molecule has 1 unspecified atom stereocenters. The van der Waals surface area contributed by atoms with Crippen molar-refractivity contribution in [2.24, 2.45) is 0 Å². The van der Waals surface area contributed by atoms with Crippen LogP contribution in [0.4, 0.5) is 0 Å². The fourth-order valence-electron chi connectivity index (χ4n) is 2.43. The van der Waals surface area contributed by atoms with E-state index in [0.717, 1.165) is 30.6 Å². The molecule has 1 atom stereocenters. The summed E-state index contributed by atoms with van der Waals surface area (Å²) >= 11 is 1.47. The van der Waals surface area contributed by atoms with Gasteiger partial charge in [0.05, 0.1) is 4.88 Å². The topological polar surface area (TPSA) is 57.6 Å². The lowest BCUT2D eigenvalue weighted by Gasteiger charge is -2.26. The molecule has 1 aromatic rings. The Morgan fingerprint density at radius 2 is 2.16 bits per heavy atom. The minimum atomic E-state index is -0.887. The molecule has 1 N–H and O–H groups in total. The summed E-state index contributed by atoms with van der Waals surface area (Å²) in [4.78, 5) is 27.2. The molecular formula is C14H19NO3S. The minimum absolute atomic E-state index is 0.126. The van der Waals surface area contributed by atoms with Crippen LogP contribution in [-0.4, -0.2) is 34.5 Å². The Balaban J connectivity index is 2.20. The smallest absolute Gasteiger partial charge is 0.326 e. The number of carbonyl (C=O) groups excluding carboxylic acids is 1. The Morgan fingerprint density at radius 1 is 1.37 bits per heavy atom. The molecule has 2 rings (SSSR count). The van der Waals surface area contributed by atoms with Crippen LogP contribution < -0.4 is 0 Å². The van der Waals surface area contributed by atoms with E-state index in [-0.39, 0.29) is 5.91 Å². The van der Waals surface area contributed by atoms with Crippen LogP contribution >= 0.6 is 11.3 Å². The molecule has 0 saturated carbocycles. The second-order valence-corrected chi connectivity index (χ2v) is 5.99. The average molecular weight is 281 g/mol. The van der Waals surface area contributed by atoms with Crippen molar-refractivity contribution in [3.05, 3.63) is 21.9 Å². The van der Waals surface area contributed by atoms with Gasteiger partial charge < -0.3 is 10.0 Å². The Labute approximate surface area is 117 Å². The summed E-state index contributed by atoms with van der Waals surface area (Å²) in [6.45, 7) is 2.60. The molecule has 1 saturated heterocycles. The number of aryl methyl sites for hydroxylation is 1. The fourth-order valence-corrected chi connectivity index (χ4v) is 3.34. The third-order valence-corrected chi connectivity index (χ3v) is 4.74. The van der Waals surface area contributed by atoms with Gasteiger partial charge in [-0.3, -0.25) is 4.79 Å². The van der Waals surface area contributed by atoms with E-state index in [0.29, 0.717) is 17.8 Å². The van der Waals surface area contributed by atoms with Crippen LogP contribution in [0.5, 0.6) is 0 Å². The van der Waals surface area contributed by atoms with Gasteiger partial charge in [-0.25, -0.2) is 4.79 Å². The average Bonchev–Trinajstić information content (AvgIpc) is 2.74. The first-order valence-electron chi connectivity index (χ1n) is 6.76. The largest absolute Gasteiger partial charge is 0.480 e. The van der Waals surface area contributed by atoms with Gasteiger partial charge in [-0.15, -0.1) is 11.3 Å². The van der Waals surface area contributed by atoms with Crippen molar-refractivity contribution < 1.29 is 14.7 Å². The van der Waals surface area contributed by atoms with Crippen molar-refractivity contribution in [3.63, 3.8) is 0 Å². The minimum Gasteiger partial charge on any atom is -0.480 e. The van der Waals surface area contributed by atoms with Crippen molar-refractivity contribution in [1.29, 1.82) is 0 Å². The van der Waals surface area contributed by atoms with E-state index in [4.69, 9.17) is 0 Å². The number of aliphatic carboxylic acids is 1. The number of rotatable bonds is 3. The second kappa shape index (κ2) is 6.19. The van der Waals surface area contributed by atoms with Gasteiger partial charge in [0.15, 0.2) is 0 Å². The summed E-state index contributed by atoms with van der Waals surface area (Å²) in [5.74, 6) is -1.01. The lowest BCUT2D eigenvalue weighted by molar-refractivity contribution is -0.142. The third kappa shape index (κ3) is 3.15. The maximum absolute atomic E-state index is 12.5. The summed E-state index contributed by atoms with van der Waals surface area (Å²) in [5.41, 5.74) is 0. The van der Waals surface area contributed by atoms with E-state index in [9.17, 15) is 14.7 Å². The molecule has 1 amide bonds. The number of thiophene rings is 1. The first-order chi connectivity index (χ1) is 9.13. The summed E-state index contributed by atoms with van der Waals surface area (Å²) in [7, 11) is 0. The molecule has 104 valence electrons. The molecule has 5 heteroatoms. The molecule has 0 bridgehead atoms. The maximum atomic E-state index is 12.5. The number of likely N-dealkylation sites (tertiary alicyclic amines) is 1. The highest BCUT2D eigenvalue weighted by molar-refractivity contribution is 7.14. The highest BCUT2D eigenvalue weighted by Crippen LogP contribution is 2.23. The maximum Gasteiger partial charge on any atom is 0.326 e. The van der Waals surface area contributed by atoms with Crippen molar-refractivity contribution >= 4 is 23.2 Å². The van der Waals surface area contributed by atoms with Gasteiger partial charge in [0.2, 0.25) is 0 Å². The Bertz CT molecular complexity index is 469. The van der Waals surface area contributed by atoms with Crippen molar-refractivity contribution in [2.75, 3.05) is 6.54 Å². The molecule has 0 radical (unpaired) electrons. The molecule has 0 aromatic carbocycles. The van der Waals surface area contributed by atoms with Crippen LogP contribution in [0, 0.1) is 0 Å². The first-order valence-corrected chi connectivity index (χ1v) is 7.57. The zero-order valence-corrected chi connectivity index (χ0v) is 11.9. The van der Waals surface area contributed by atoms with E-state index in [2.05, 4.69) is 0 Å². The SMILES string of the molecule is CCc1ccc(C(=O)N2CCCCCC2C(=O)O)s1. The Morgan fingerprint density at radius 3 is 2.79 bits per heavy atom. The van der Waals surface area contributed by atoms with Crippen molar-refractivity contribution in [3.8, 4) is 0 Å². The molecular weight excluding hydrogens is 262 g/mol. The van der Waals surface area contributed by atoms with Gasteiger partial charge in [-0.2, -0.15) is 0 Å². The number of amides is 1. The molecule has 0 spiro atoms. The lowest BCUT2D eigenvalue weighted by Crippen LogP contribution is -2.44. The molecule has 1 aliphatic heterocycles. The molecule has 4 nitrogen and oxygen atoms in total. The van der Waals surface area contributed by atoms with Crippen molar-refractivity contribution in [2.45, 2.75) is 45.1 Å². The predicted octanol–water partition coefficient (Wildman–Crippen LogP) is 2.78. The zero-order valence-electron chi connectivity index (χ0n) is 11.1. The molecule has 1 aliphatic rings. The van der Waals surface area contributed by atoms with Crippen LogP contribution in [0.15, 0.2) is 12.1 Å². The predicted molar refractivity (Wildman–Crippen MR) is 74.6 cm³/mol. The van der Waals surface area contributed by atoms with Gasteiger partial charge in [0.1, 0.15) is 6.04 Å². The third-order valence-electron chi connectivity index (χ3n) is 3.52. The van der Waals surface area contributed by atoms with E-state index in [1.165, 1.54) is 11.3 Å². The monoisotopic (exact) mass is 281 g/mol. The van der Waals surface area contributed by atoms with Gasteiger partial charge >= 0.3 is 5.97 Å². The van der Waals surface area contributed by atoms with Gasteiger partial charge in [-0.1, -0.05) is 19.8 Å². The fraction of sp³-hybridized carbons (Fsp3) is 0.571. The van der Waals surface area contributed by atoms with Crippen LogP contribution in [0.25, 0.3) is 0 Å². The van der Waals surface area contributed by atoms with E-state index in [1.54, 1.807) is 4.90 Å². The highest BCUT2D eigenvalue weighted by atomic mass is 32.1. The van der Waals surface area contributed by atoms with E-state index < -0.39 is 12.0 Å². The molecule has 1 fully saturated rings. The summed E-state index contributed by atoms with van der Waals surface area (Å²) in [6.07, 6.45) is 4.23. The van der Waals surface area contributed by atoms with E-state index >= 15 is 0 Å².